The quantitative estimate of drug-likeness (QED) is 0.722. The molecule has 0 atom stereocenters. The van der Waals surface area contributed by atoms with Crippen LogP contribution in [0.15, 0.2) is 28.7 Å². The fourth-order valence-corrected chi connectivity index (χ4v) is 2.89. The monoisotopic (exact) mass is 369 g/mol. The summed E-state index contributed by atoms with van der Waals surface area (Å²) in [6, 6.07) is 7.98. The van der Waals surface area contributed by atoms with E-state index in [2.05, 4.69) is 37.5 Å². The van der Waals surface area contributed by atoms with Gasteiger partial charge in [0.05, 0.1) is 13.2 Å². The van der Waals surface area contributed by atoms with Crippen molar-refractivity contribution in [1.82, 2.24) is 15.5 Å². The largest absolute Gasteiger partial charge is 0.379 e. The lowest BCUT2D eigenvalue weighted by Gasteiger charge is -2.26. The Labute approximate surface area is 140 Å². The SMILES string of the molecule is O=C(NCCCN1CCOCC1)NCCc1ccccc1Br. The molecule has 0 saturated carbocycles. The van der Waals surface area contributed by atoms with Crippen molar-refractivity contribution >= 4 is 22.0 Å². The van der Waals surface area contributed by atoms with Crippen molar-refractivity contribution in [3.8, 4) is 0 Å². The van der Waals surface area contributed by atoms with E-state index in [1.165, 1.54) is 5.56 Å². The molecule has 2 N–H and O–H groups in total. The third kappa shape index (κ3) is 6.34. The molecule has 122 valence electrons. The van der Waals surface area contributed by atoms with Crippen LogP contribution in [-0.2, 0) is 11.2 Å². The minimum Gasteiger partial charge on any atom is -0.379 e. The number of nitrogens with one attached hydrogen (secondary N) is 2. The average Bonchev–Trinajstić information content (AvgIpc) is 2.54. The van der Waals surface area contributed by atoms with Gasteiger partial charge in [-0.2, -0.15) is 0 Å². The first kappa shape index (κ1) is 17.2. The Morgan fingerprint density at radius 2 is 1.91 bits per heavy atom. The van der Waals surface area contributed by atoms with E-state index >= 15 is 0 Å². The molecular weight excluding hydrogens is 346 g/mol. The molecule has 1 heterocycles. The topological polar surface area (TPSA) is 53.6 Å². The van der Waals surface area contributed by atoms with Gasteiger partial charge in [0.2, 0.25) is 0 Å². The summed E-state index contributed by atoms with van der Waals surface area (Å²) in [4.78, 5) is 14.1. The number of carbonyl (C=O) groups excluding carboxylic acids is 1. The summed E-state index contributed by atoms with van der Waals surface area (Å²) in [5.41, 5.74) is 1.20. The molecule has 2 amide bonds. The third-order valence-corrected chi connectivity index (χ3v) is 4.45. The molecule has 0 aliphatic carbocycles. The lowest BCUT2D eigenvalue weighted by molar-refractivity contribution is 0.0375. The van der Waals surface area contributed by atoms with Gasteiger partial charge in [0, 0.05) is 30.7 Å². The lowest BCUT2D eigenvalue weighted by atomic mass is 10.1. The van der Waals surface area contributed by atoms with E-state index in [0.29, 0.717) is 13.1 Å². The Bertz CT molecular complexity index is 464. The van der Waals surface area contributed by atoms with E-state index in [0.717, 1.165) is 50.2 Å². The second kappa shape index (κ2) is 9.82. The summed E-state index contributed by atoms with van der Waals surface area (Å²) in [7, 11) is 0. The first-order valence-electron chi connectivity index (χ1n) is 7.81. The van der Waals surface area contributed by atoms with Gasteiger partial charge in [-0.1, -0.05) is 34.1 Å². The van der Waals surface area contributed by atoms with E-state index < -0.39 is 0 Å². The summed E-state index contributed by atoms with van der Waals surface area (Å²) in [6.45, 7) is 6.00. The smallest absolute Gasteiger partial charge is 0.314 e. The van der Waals surface area contributed by atoms with Crippen LogP contribution in [0.5, 0.6) is 0 Å². The molecular formula is C16H24BrN3O2. The molecule has 0 spiro atoms. The molecule has 2 rings (SSSR count). The molecule has 5 nitrogen and oxygen atoms in total. The van der Waals surface area contributed by atoms with Gasteiger partial charge in [0.1, 0.15) is 0 Å². The zero-order valence-corrected chi connectivity index (χ0v) is 14.4. The first-order chi connectivity index (χ1) is 10.8. The Balaban J connectivity index is 1.51. The summed E-state index contributed by atoms with van der Waals surface area (Å²) in [5, 5.41) is 5.80. The van der Waals surface area contributed by atoms with Gasteiger partial charge in [0.25, 0.3) is 0 Å². The van der Waals surface area contributed by atoms with Crippen LogP contribution >= 0.6 is 15.9 Å². The molecule has 6 heteroatoms. The number of nitrogens with zero attached hydrogens (tertiary/aromatic N) is 1. The zero-order chi connectivity index (χ0) is 15.6. The highest BCUT2D eigenvalue weighted by atomic mass is 79.9. The first-order valence-corrected chi connectivity index (χ1v) is 8.60. The predicted molar refractivity (Wildman–Crippen MR) is 91.1 cm³/mol. The highest BCUT2D eigenvalue weighted by molar-refractivity contribution is 9.10. The van der Waals surface area contributed by atoms with Gasteiger partial charge < -0.3 is 15.4 Å². The van der Waals surface area contributed by atoms with Crippen LogP contribution in [0.2, 0.25) is 0 Å². The normalized spacial score (nSPS) is 15.5. The number of carbonyl (C=O) groups is 1. The van der Waals surface area contributed by atoms with Crippen molar-refractivity contribution in [2.45, 2.75) is 12.8 Å². The molecule has 1 aliphatic heterocycles. The van der Waals surface area contributed by atoms with Gasteiger partial charge >= 0.3 is 6.03 Å². The molecule has 1 fully saturated rings. The Morgan fingerprint density at radius 3 is 2.68 bits per heavy atom. The number of rotatable bonds is 7. The second-order valence-corrected chi connectivity index (χ2v) is 6.19. The van der Waals surface area contributed by atoms with Crippen molar-refractivity contribution in [1.29, 1.82) is 0 Å². The number of ether oxygens (including phenoxy) is 1. The number of amides is 2. The predicted octanol–water partition coefficient (Wildman–Crippen LogP) is 2.01. The zero-order valence-electron chi connectivity index (χ0n) is 12.8. The van der Waals surface area contributed by atoms with Crippen molar-refractivity contribution < 1.29 is 9.53 Å². The Morgan fingerprint density at radius 1 is 1.18 bits per heavy atom. The van der Waals surface area contributed by atoms with Crippen LogP contribution in [0.3, 0.4) is 0 Å². The van der Waals surface area contributed by atoms with Crippen molar-refractivity contribution in [3.63, 3.8) is 0 Å². The highest BCUT2D eigenvalue weighted by Crippen LogP contribution is 2.15. The van der Waals surface area contributed by atoms with Crippen LogP contribution in [0.25, 0.3) is 0 Å². The Kier molecular flexibility index (Phi) is 7.70. The van der Waals surface area contributed by atoms with E-state index in [1.54, 1.807) is 0 Å². The minimum atomic E-state index is -0.0889. The standard InChI is InChI=1S/C16H24BrN3O2/c17-15-5-2-1-4-14(15)6-8-19-16(21)18-7-3-9-20-10-12-22-13-11-20/h1-2,4-5H,3,6-13H2,(H2,18,19,21). The molecule has 1 aromatic carbocycles. The van der Waals surface area contributed by atoms with Gasteiger partial charge in [-0.25, -0.2) is 4.79 Å². The van der Waals surface area contributed by atoms with Crippen LogP contribution < -0.4 is 10.6 Å². The molecule has 1 aromatic rings. The van der Waals surface area contributed by atoms with E-state index in [4.69, 9.17) is 4.74 Å². The highest BCUT2D eigenvalue weighted by Gasteiger charge is 2.09. The molecule has 1 saturated heterocycles. The number of morpholine rings is 1. The van der Waals surface area contributed by atoms with Crippen molar-refractivity contribution in [2.24, 2.45) is 0 Å². The summed E-state index contributed by atoms with van der Waals surface area (Å²) >= 11 is 3.51. The maximum Gasteiger partial charge on any atom is 0.314 e. The molecule has 22 heavy (non-hydrogen) atoms. The van der Waals surface area contributed by atoms with E-state index in [1.807, 2.05) is 18.2 Å². The van der Waals surface area contributed by atoms with Gasteiger partial charge in [-0.05, 0) is 31.0 Å². The number of hydrogen-bond donors (Lipinski definition) is 2. The lowest BCUT2D eigenvalue weighted by Crippen LogP contribution is -2.40. The molecule has 1 aliphatic rings. The maximum atomic E-state index is 11.7. The van der Waals surface area contributed by atoms with Crippen molar-refractivity contribution in [3.05, 3.63) is 34.3 Å². The maximum absolute atomic E-state index is 11.7. The summed E-state index contributed by atoms with van der Waals surface area (Å²) in [5.74, 6) is 0. The molecule has 0 aromatic heterocycles. The molecule has 0 radical (unpaired) electrons. The van der Waals surface area contributed by atoms with Gasteiger partial charge in [-0.3, -0.25) is 4.90 Å². The van der Waals surface area contributed by atoms with Gasteiger partial charge in [0.15, 0.2) is 0 Å². The minimum absolute atomic E-state index is 0.0889. The number of benzene rings is 1. The Hall–Kier alpha value is -1.11. The summed E-state index contributed by atoms with van der Waals surface area (Å²) in [6.07, 6.45) is 1.79. The van der Waals surface area contributed by atoms with Crippen LogP contribution in [0.1, 0.15) is 12.0 Å². The summed E-state index contributed by atoms with van der Waals surface area (Å²) < 4.78 is 6.39. The molecule has 0 unspecified atom stereocenters. The van der Waals surface area contributed by atoms with E-state index in [-0.39, 0.29) is 6.03 Å². The molecule has 0 bridgehead atoms. The van der Waals surface area contributed by atoms with Crippen LogP contribution in [0, 0.1) is 0 Å². The fraction of sp³-hybridized carbons (Fsp3) is 0.562. The van der Waals surface area contributed by atoms with E-state index in [9.17, 15) is 4.79 Å². The second-order valence-electron chi connectivity index (χ2n) is 5.33. The van der Waals surface area contributed by atoms with Crippen molar-refractivity contribution in [2.75, 3.05) is 45.9 Å². The third-order valence-electron chi connectivity index (χ3n) is 3.68. The number of hydrogen-bond acceptors (Lipinski definition) is 3. The number of halogens is 1. The average molecular weight is 370 g/mol. The fourth-order valence-electron chi connectivity index (χ4n) is 2.40. The number of urea groups is 1. The van der Waals surface area contributed by atoms with Gasteiger partial charge in [-0.15, -0.1) is 0 Å². The van der Waals surface area contributed by atoms with Crippen LogP contribution in [0.4, 0.5) is 4.79 Å². The van der Waals surface area contributed by atoms with Crippen LogP contribution in [-0.4, -0.2) is 56.9 Å².